The highest BCUT2D eigenvalue weighted by Gasteiger charge is 2.10. The lowest BCUT2D eigenvalue weighted by molar-refractivity contribution is -0.116. The largest absolute Gasteiger partial charge is 0.465 e. The minimum atomic E-state index is -0.455. The van der Waals surface area contributed by atoms with Gasteiger partial charge in [0.05, 0.1) is 12.7 Å². The Bertz CT molecular complexity index is 788. The fourth-order valence-corrected chi connectivity index (χ4v) is 2.36. The number of esters is 1. The second kappa shape index (κ2) is 9.36. The molecule has 0 aromatic heterocycles. The van der Waals surface area contributed by atoms with Gasteiger partial charge in [0.15, 0.2) is 0 Å². The zero-order valence-electron chi connectivity index (χ0n) is 14.9. The maximum atomic E-state index is 12.1. The van der Waals surface area contributed by atoms with Crippen molar-refractivity contribution in [1.82, 2.24) is 5.32 Å². The molecule has 136 valence electrons. The van der Waals surface area contributed by atoms with E-state index in [9.17, 15) is 14.4 Å². The second-order valence-corrected chi connectivity index (χ2v) is 5.79. The molecular weight excluding hydrogens is 332 g/mol. The zero-order valence-corrected chi connectivity index (χ0v) is 14.9. The molecule has 0 radical (unpaired) electrons. The maximum absolute atomic E-state index is 12.1. The summed E-state index contributed by atoms with van der Waals surface area (Å²) in [5.41, 5.74) is 2.39. The van der Waals surface area contributed by atoms with Gasteiger partial charge in [-0.1, -0.05) is 24.3 Å². The minimum Gasteiger partial charge on any atom is -0.465 e. The predicted molar refractivity (Wildman–Crippen MR) is 99.2 cm³/mol. The van der Waals surface area contributed by atoms with Crippen LogP contribution >= 0.6 is 0 Å². The monoisotopic (exact) mass is 354 g/mol. The van der Waals surface area contributed by atoms with Gasteiger partial charge in [-0.25, -0.2) is 4.79 Å². The Hall–Kier alpha value is -3.15. The average Bonchev–Trinajstić information content (AvgIpc) is 2.66. The van der Waals surface area contributed by atoms with Gasteiger partial charge in [0, 0.05) is 24.2 Å². The fraction of sp³-hybridized carbons (Fsp3) is 0.250. The van der Waals surface area contributed by atoms with Gasteiger partial charge in [0.1, 0.15) is 0 Å². The number of hydrogen-bond donors (Lipinski definition) is 2. The van der Waals surface area contributed by atoms with Gasteiger partial charge in [-0.15, -0.1) is 0 Å². The van der Waals surface area contributed by atoms with Crippen LogP contribution in [0.2, 0.25) is 0 Å². The molecule has 0 spiro atoms. The molecule has 2 N–H and O–H groups in total. The molecule has 6 nitrogen and oxygen atoms in total. The van der Waals surface area contributed by atoms with E-state index in [1.54, 1.807) is 42.5 Å². The van der Waals surface area contributed by atoms with Gasteiger partial charge in [0.2, 0.25) is 5.91 Å². The van der Waals surface area contributed by atoms with Gasteiger partial charge in [-0.3, -0.25) is 9.59 Å². The summed E-state index contributed by atoms with van der Waals surface area (Å²) in [6.07, 6.45) is 0.775. The van der Waals surface area contributed by atoms with Crippen molar-refractivity contribution in [1.29, 1.82) is 0 Å². The van der Waals surface area contributed by atoms with Gasteiger partial charge >= 0.3 is 5.97 Å². The molecule has 6 heteroatoms. The van der Waals surface area contributed by atoms with E-state index in [4.69, 9.17) is 0 Å². The van der Waals surface area contributed by atoms with Crippen molar-refractivity contribution in [3.63, 3.8) is 0 Å². The Morgan fingerprint density at radius 1 is 1.00 bits per heavy atom. The summed E-state index contributed by atoms with van der Waals surface area (Å²) in [4.78, 5) is 35.6. The van der Waals surface area contributed by atoms with Gasteiger partial charge in [-0.05, 0) is 43.2 Å². The van der Waals surface area contributed by atoms with Crippen LogP contribution in [0.1, 0.15) is 39.1 Å². The normalized spacial score (nSPS) is 10.1. The molecule has 0 aliphatic carbocycles. The average molecular weight is 354 g/mol. The highest BCUT2D eigenvalue weighted by Crippen LogP contribution is 2.18. The molecule has 2 aromatic carbocycles. The van der Waals surface area contributed by atoms with Crippen molar-refractivity contribution in [3.8, 4) is 0 Å². The molecule has 0 unspecified atom stereocenters. The van der Waals surface area contributed by atoms with Gasteiger partial charge in [0.25, 0.3) is 5.91 Å². The van der Waals surface area contributed by atoms with Crippen LogP contribution in [-0.2, 0) is 9.53 Å². The van der Waals surface area contributed by atoms with Gasteiger partial charge < -0.3 is 15.4 Å². The first-order chi connectivity index (χ1) is 12.5. The summed E-state index contributed by atoms with van der Waals surface area (Å²) in [6, 6.07) is 13.9. The molecule has 2 amide bonds. The Balaban J connectivity index is 1.80. The first kappa shape index (κ1) is 19.2. The minimum absolute atomic E-state index is 0.160. The molecule has 0 atom stereocenters. The van der Waals surface area contributed by atoms with Crippen LogP contribution in [-0.4, -0.2) is 31.4 Å². The number of methoxy groups -OCH3 is 1. The highest BCUT2D eigenvalue weighted by molar-refractivity contribution is 5.95. The lowest BCUT2D eigenvalue weighted by Gasteiger charge is -2.10. The molecule has 0 bridgehead atoms. The predicted octanol–water partition coefficient (Wildman–Crippen LogP) is 2.93. The second-order valence-electron chi connectivity index (χ2n) is 5.79. The van der Waals surface area contributed by atoms with E-state index in [0.717, 1.165) is 5.56 Å². The van der Waals surface area contributed by atoms with Crippen LogP contribution in [0, 0.1) is 6.92 Å². The molecule has 0 aliphatic rings. The number of anilines is 1. The quantitative estimate of drug-likeness (QED) is 0.591. The van der Waals surface area contributed by atoms with Crippen molar-refractivity contribution >= 4 is 23.5 Å². The van der Waals surface area contributed by atoms with Crippen LogP contribution in [0.3, 0.4) is 0 Å². The smallest absolute Gasteiger partial charge is 0.337 e. The number of amides is 2. The number of carbonyl (C=O) groups is 3. The summed E-state index contributed by atoms with van der Waals surface area (Å²) >= 11 is 0. The van der Waals surface area contributed by atoms with Crippen LogP contribution < -0.4 is 10.6 Å². The summed E-state index contributed by atoms with van der Waals surface area (Å²) in [5, 5.41) is 5.57. The first-order valence-electron chi connectivity index (χ1n) is 8.33. The molecular formula is C20H22N2O4. The van der Waals surface area contributed by atoms with E-state index in [2.05, 4.69) is 15.4 Å². The summed E-state index contributed by atoms with van der Waals surface area (Å²) in [6.45, 7) is 2.25. The summed E-state index contributed by atoms with van der Waals surface area (Å²) < 4.78 is 4.68. The summed E-state index contributed by atoms with van der Waals surface area (Å²) in [7, 11) is 1.31. The number of nitrogens with one attached hydrogen (secondary N) is 2. The first-order valence-corrected chi connectivity index (χ1v) is 8.33. The van der Waals surface area contributed by atoms with E-state index in [1.807, 2.05) is 13.0 Å². The van der Waals surface area contributed by atoms with E-state index >= 15 is 0 Å². The fourth-order valence-electron chi connectivity index (χ4n) is 2.36. The van der Waals surface area contributed by atoms with E-state index in [-0.39, 0.29) is 18.2 Å². The van der Waals surface area contributed by atoms with Crippen molar-refractivity contribution in [2.24, 2.45) is 0 Å². The van der Waals surface area contributed by atoms with Crippen molar-refractivity contribution < 1.29 is 19.1 Å². The number of benzene rings is 2. The highest BCUT2D eigenvalue weighted by atomic mass is 16.5. The molecule has 26 heavy (non-hydrogen) atoms. The number of aryl methyl sites for hydroxylation is 1. The van der Waals surface area contributed by atoms with Crippen LogP contribution in [0.5, 0.6) is 0 Å². The molecule has 0 saturated carbocycles. The third-order valence-corrected chi connectivity index (χ3v) is 3.83. The Kier molecular flexibility index (Phi) is 6.91. The number of carbonyl (C=O) groups excluding carboxylic acids is 3. The SMILES string of the molecule is COC(=O)c1ccc(C)c(NC(=O)CCCNC(=O)c2ccccc2)c1. The Morgan fingerprint density at radius 3 is 2.42 bits per heavy atom. The van der Waals surface area contributed by atoms with Gasteiger partial charge in [-0.2, -0.15) is 0 Å². The molecule has 0 saturated heterocycles. The molecule has 0 aliphatic heterocycles. The number of hydrogen-bond acceptors (Lipinski definition) is 4. The lowest BCUT2D eigenvalue weighted by Crippen LogP contribution is -2.25. The number of ether oxygens (including phenoxy) is 1. The Labute approximate surface area is 152 Å². The molecule has 0 fully saturated rings. The van der Waals surface area contributed by atoms with Crippen LogP contribution in [0.4, 0.5) is 5.69 Å². The molecule has 2 aromatic rings. The van der Waals surface area contributed by atoms with Crippen LogP contribution in [0.25, 0.3) is 0 Å². The molecule has 2 rings (SSSR count). The maximum Gasteiger partial charge on any atom is 0.337 e. The van der Waals surface area contributed by atoms with Crippen molar-refractivity contribution in [3.05, 3.63) is 65.2 Å². The standard InChI is InChI=1S/C20H22N2O4/c1-14-10-11-16(20(25)26-2)13-17(14)22-18(23)9-6-12-21-19(24)15-7-4-3-5-8-15/h3-5,7-8,10-11,13H,6,9,12H2,1-2H3,(H,21,24)(H,22,23). The molecule has 0 heterocycles. The van der Waals surface area contributed by atoms with E-state index < -0.39 is 5.97 Å². The Morgan fingerprint density at radius 2 is 1.73 bits per heavy atom. The summed E-state index contributed by atoms with van der Waals surface area (Å²) in [5.74, 6) is -0.791. The third-order valence-electron chi connectivity index (χ3n) is 3.83. The van der Waals surface area contributed by atoms with Crippen LogP contribution in [0.15, 0.2) is 48.5 Å². The lowest BCUT2D eigenvalue weighted by atomic mass is 10.1. The zero-order chi connectivity index (χ0) is 18.9. The topological polar surface area (TPSA) is 84.5 Å². The van der Waals surface area contributed by atoms with Crippen molar-refractivity contribution in [2.75, 3.05) is 19.0 Å². The van der Waals surface area contributed by atoms with E-state index in [1.165, 1.54) is 7.11 Å². The van der Waals surface area contributed by atoms with Crippen molar-refractivity contribution in [2.45, 2.75) is 19.8 Å². The third kappa shape index (κ3) is 5.44. The number of rotatable bonds is 7. The van der Waals surface area contributed by atoms with E-state index in [0.29, 0.717) is 29.8 Å².